The zero-order chi connectivity index (χ0) is 19.4. The van der Waals surface area contributed by atoms with Crippen molar-refractivity contribution in [2.24, 2.45) is 0 Å². The quantitative estimate of drug-likeness (QED) is 0.788. The number of carbonyl (C=O) groups is 2. The van der Waals surface area contributed by atoms with Gasteiger partial charge >= 0.3 is 6.03 Å². The van der Waals surface area contributed by atoms with Crippen LogP contribution in [0.2, 0.25) is 5.02 Å². The van der Waals surface area contributed by atoms with Crippen molar-refractivity contribution in [3.63, 3.8) is 0 Å². The van der Waals surface area contributed by atoms with Crippen molar-refractivity contribution in [1.29, 1.82) is 0 Å². The van der Waals surface area contributed by atoms with Crippen LogP contribution in [-0.4, -0.2) is 30.9 Å². The molecule has 0 unspecified atom stereocenters. The number of halogens is 1. The van der Waals surface area contributed by atoms with E-state index in [4.69, 9.17) is 16.3 Å². The van der Waals surface area contributed by atoms with Crippen molar-refractivity contribution in [3.8, 4) is 5.75 Å². The van der Waals surface area contributed by atoms with E-state index >= 15 is 0 Å². The number of methoxy groups -OCH3 is 1. The normalized spacial score (nSPS) is 16.9. The summed E-state index contributed by atoms with van der Waals surface area (Å²) in [6, 6.07) is 13.6. The number of nitrogens with zero attached hydrogens (tertiary/aromatic N) is 1. The van der Waals surface area contributed by atoms with E-state index in [1.807, 2.05) is 24.3 Å². The van der Waals surface area contributed by atoms with Crippen LogP contribution in [0, 0.1) is 0 Å². The van der Waals surface area contributed by atoms with Crippen LogP contribution in [0.25, 0.3) is 6.08 Å². The van der Waals surface area contributed by atoms with Gasteiger partial charge in [-0.05, 0) is 41.5 Å². The average Bonchev–Trinajstić information content (AvgIpc) is 2.69. The molecule has 0 saturated heterocycles. The standard InChI is InChI=1S/C21H19ClN2O3/c1-24-13-18(19(25)12-5-14-3-10-17(27-2)11-4-14)20(23-21(24)26)15-6-8-16(22)9-7-15/h3-13,20H,1-2H3,(H,23,26)/b12-5+/t20-/m0/s1. The zero-order valence-corrected chi connectivity index (χ0v) is 15.7. The van der Waals surface area contributed by atoms with E-state index in [1.54, 1.807) is 50.7 Å². The van der Waals surface area contributed by atoms with E-state index in [0.29, 0.717) is 10.6 Å². The highest BCUT2D eigenvalue weighted by Gasteiger charge is 2.29. The summed E-state index contributed by atoms with van der Waals surface area (Å²) < 4.78 is 5.13. The van der Waals surface area contributed by atoms with Gasteiger partial charge in [-0.15, -0.1) is 0 Å². The molecule has 3 rings (SSSR count). The molecule has 0 saturated carbocycles. The lowest BCUT2D eigenvalue weighted by Gasteiger charge is -2.29. The Labute approximate surface area is 162 Å². The van der Waals surface area contributed by atoms with Crippen LogP contribution in [0.4, 0.5) is 4.79 Å². The Morgan fingerprint density at radius 2 is 1.81 bits per heavy atom. The van der Waals surface area contributed by atoms with Gasteiger partial charge in [0, 0.05) is 23.8 Å². The van der Waals surface area contributed by atoms with Gasteiger partial charge in [0.15, 0.2) is 5.78 Å². The largest absolute Gasteiger partial charge is 0.497 e. The summed E-state index contributed by atoms with van der Waals surface area (Å²) >= 11 is 5.94. The molecule has 5 nitrogen and oxygen atoms in total. The molecular formula is C21H19ClN2O3. The fourth-order valence-corrected chi connectivity index (χ4v) is 2.88. The highest BCUT2D eigenvalue weighted by molar-refractivity contribution is 6.30. The number of hydrogen-bond donors (Lipinski definition) is 1. The molecule has 1 atom stereocenters. The first kappa shape index (κ1) is 18.7. The van der Waals surface area contributed by atoms with Crippen molar-refractivity contribution in [2.45, 2.75) is 6.04 Å². The van der Waals surface area contributed by atoms with Gasteiger partial charge in [-0.1, -0.05) is 41.9 Å². The summed E-state index contributed by atoms with van der Waals surface area (Å²) in [5.74, 6) is 0.568. The Morgan fingerprint density at radius 1 is 1.15 bits per heavy atom. The first-order chi connectivity index (χ1) is 13.0. The Bertz CT molecular complexity index is 902. The summed E-state index contributed by atoms with van der Waals surface area (Å²) in [6.45, 7) is 0. The summed E-state index contributed by atoms with van der Waals surface area (Å²) in [6.07, 6.45) is 4.80. The monoisotopic (exact) mass is 382 g/mol. The number of nitrogens with one attached hydrogen (secondary N) is 1. The van der Waals surface area contributed by atoms with E-state index in [1.165, 1.54) is 11.0 Å². The molecule has 0 fully saturated rings. The lowest BCUT2D eigenvalue weighted by Crippen LogP contribution is -2.43. The van der Waals surface area contributed by atoms with Crippen LogP contribution < -0.4 is 10.1 Å². The summed E-state index contributed by atoms with van der Waals surface area (Å²) in [7, 11) is 3.21. The second kappa shape index (κ2) is 8.10. The van der Waals surface area contributed by atoms with Crippen molar-refractivity contribution < 1.29 is 14.3 Å². The smallest absolute Gasteiger partial charge is 0.321 e. The zero-order valence-electron chi connectivity index (χ0n) is 15.0. The van der Waals surface area contributed by atoms with Crippen molar-refractivity contribution >= 4 is 29.5 Å². The maximum Gasteiger partial charge on any atom is 0.321 e. The Morgan fingerprint density at radius 3 is 2.44 bits per heavy atom. The van der Waals surface area contributed by atoms with Crippen LogP contribution in [0.3, 0.4) is 0 Å². The molecule has 0 aliphatic carbocycles. The number of hydrogen-bond acceptors (Lipinski definition) is 3. The number of rotatable bonds is 5. The van der Waals surface area contributed by atoms with Crippen molar-refractivity contribution in [3.05, 3.63) is 82.5 Å². The highest BCUT2D eigenvalue weighted by atomic mass is 35.5. The second-order valence-corrected chi connectivity index (χ2v) is 6.54. The molecule has 1 N–H and O–H groups in total. The van der Waals surface area contributed by atoms with Gasteiger partial charge in [0.2, 0.25) is 0 Å². The third-order valence-corrected chi connectivity index (χ3v) is 4.51. The molecule has 0 spiro atoms. The van der Waals surface area contributed by atoms with E-state index in [2.05, 4.69) is 5.32 Å². The minimum atomic E-state index is -0.529. The molecule has 1 aliphatic heterocycles. The number of urea groups is 1. The maximum absolute atomic E-state index is 12.8. The van der Waals surface area contributed by atoms with Gasteiger partial charge in [-0.2, -0.15) is 0 Å². The molecule has 1 heterocycles. The van der Waals surface area contributed by atoms with E-state index in [0.717, 1.165) is 16.9 Å². The molecule has 138 valence electrons. The molecule has 2 amide bonds. The molecule has 27 heavy (non-hydrogen) atoms. The molecule has 1 aliphatic rings. The highest BCUT2D eigenvalue weighted by Crippen LogP contribution is 2.28. The Kier molecular flexibility index (Phi) is 5.62. The van der Waals surface area contributed by atoms with Gasteiger partial charge in [0.25, 0.3) is 0 Å². The van der Waals surface area contributed by atoms with Gasteiger partial charge < -0.3 is 15.0 Å². The first-order valence-electron chi connectivity index (χ1n) is 8.35. The molecule has 0 radical (unpaired) electrons. The van der Waals surface area contributed by atoms with Crippen molar-refractivity contribution in [1.82, 2.24) is 10.2 Å². The summed E-state index contributed by atoms with van der Waals surface area (Å²) in [5.41, 5.74) is 2.14. The fourth-order valence-electron chi connectivity index (χ4n) is 2.75. The van der Waals surface area contributed by atoms with Gasteiger partial charge in [-0.3, -0.25) is 4.79 Å². The first-order valence-corrected chi connectivity index (χ1v) is 8.72. The molecule has 6 heteroatoms. The van der Waals surface area contributed by atoms with Crippen LogP contribution in [-0.2, 0) is 4.79 Å². The maximum atomic E-state index is 12.8. The molecule has 2 aromatic rings. The van der Waals surface area contributed by atoms with Crippen molar-refractivity contribution in [2.75, 3.05) is 14.2 Å². The van der Waals surface area contributed by atoms with E-state index in [-0.39, 0.29) is 11.8 Å². The average molecular weight is 383 g/mol. The SMILES string of the molecule is COc1ccc(/C=C/C(=O)C2=CN(C)C(=O)N[C@H]2c2ccc(Cl)cc2)cc1. The number of amides is 2. The van der Waals surface area contributed by atoms with E-state index in [9.17, 15) is 9.59 Å². The number of carbonyl (C=O) groups excluding carboxylic acids is 2. The lowest BCUT2D eigenvalue weighted by molar-refractivity contribution is -0.111. The summed E-state index contributed by atoms with van der Waals surface area (Å²) in [4.78, 5) is 26.2. The number of benzene rings is 2. The Balaban J connectivity index is 1.86. The van der Waals surface area contributed by atoms with Crippen LogP contribution in [0.15, 0.2) is 66.4 Å². The predicted octanol–water partition coefficient (Wildman–Crippen LogP) is 4.21. The minimum Gasteiger partial charge on any atom is -0.497 e. The molecule has 2 aromatic carbocycles. The molecular weight excluding hydrogens is 364 g/mol. The van der Waals surface area contributed by atoms with Crippen LogP contribution in [0.5, 0.6) is 5.75 Å². The van der Waals surface area contributed by atoms with Gasteiger partial charge in [-0.25, -0.2) is 4.79 Å². The molecule has 0 aromatic heterocycles. The number of ether oxygens (including phenoxy) is 1. The van der Waals surface area contributed by atoms with Crippen LogP contribution in [0.1, 0.15) is 17.2 Å². The predicted molar refractivity (Wildman–Crippen MR) is 106 cm³/mol. The fraction of sp³-hybridized carbons (Fsp3) is 0.143. The van der Waals surface area contributed by atoms with Crippen LogP contribution >= 0.6 is 11.6 Å². The van der Waals surface area contributed by atoms with Gasteiger partial charge in [0.05, 0.1) is 13.2 Å². The number of allylic oxidation sites excluding steroid dienone is 1. The molecule has 0 bridgehead atoms. The Hall–Kier alpha value is -3.05. The van der Waals surface area contributed by atoms with Gasteiger partial charge in [0.1, 0.15) is 5.75 Å². The third-order valence-electron chi connectivity index (χ3n) is 4.26. The minimum absolute atomic E-state index is 0.183. The second-order valence-electron chi connectivity index (χ2n) is 6.10. The topological polar surface area (TPSA) is 58.6 Å². The summed E-state index contributed by atoms with van der Waals surface area (Å²) in [5, 5.41) is 3.44. The number of ketones is 1. The van der Waals surface area contributed by atoms with E-state index < -0.39 is 6.04 Å². The lowest BCUT2D eigenvalue weighted by atomic mass is 9.94. The third kappa shape index (κ3) is 4.38.